The third-order valence-electron chi connectivity index (χ3n) is 1.86. The number of benzene rings is 1. The van der Waals surface area contributed by atoms with Crippen molar-refractivity contribution >= 4 is 11.6 Å². The molecule has 1 rings (SSSR count). The van der Waals surface area contributed by atoms with Crippen molar-refractivity contribution in [3.05, 3.63) is 34.9 Å². The van der Waals surface area contributed by atoms with Crippen LogP contribution < -0.4 is 5.32 Å². The average Bonchev–Trinajstić information content (AvgIpc) is 2.18. The Labute approximate surface area is 88.3 Å². The summed E-state index contributed by atoms with van der Waals surface area (Å²) in [4.78, 5) is 0. The Kier molecular flexibility index (Phi) is 4.90. The SMILES string of the molecule is OCCNCC(O)c1cccc(Cl)c1. The van der Waals surface area contributed by atoms with Crippen molar-refractivity contribution in [1.29, 1.82) is 0 Å². The summed E-state index contributed by atoms with van der Waals surface area (Å²) in [6.07, 6.45) is -0.583. The van der Waals surface area contributed by atoms with E-state index in [-0.39, 0.29) is 6.61 Å². The number of hydrogen-bond donors (Lipinski definition) is 3. The van der Waals surface area contributed by atoms with Crippen molar-refractivity contribution in [2.24, 2.45) is 0 Å². The van der Waals surface area contributed by atoms with Crippen molar-refractivity contribution in [1.82, 2.24) is 5.32 Å². The molecule has 1 atom stereocenters. The van der Waals surface area contributed by atoms with Gasteiger partial charge in [0, 0.05) is 18.1 Å². The lowest BCUT2D eigenvalue weighted by molar-refractivity contribution is 0.171. The maximum Gasteiger partial charge on any atom is 0.0914 e. The van der Waals surface area contributed by atoms with Crippen LogP contribution >= 0.6 is 11.6 Å². The van der Waals surface area contributed by atoms with Gasteiger partial charge in [-0.3, -0.25) is 0 Å². The van der Waals surface area contributed by atoms with E-state index in [1.165, 1.54) is 0 Å². The summed E-state index contributed by atoms with van der Waals surface area (Å²) in [6, 6.07) is 7.11. The lowest BCUT2D eigenvalue weighted by Crippen LogP contribution is -2.24. The van der Waals surface area contributed by atoms with E-state index >= 15 is 0 Å². The minimum atomic E-state index is -0.583. The largest absolute Gasteiger partial charge is 0.395 e. The van der Waals surface area contributed by atoms with Gasteiger partial charge in [-0.2, -0.15) is 0 Å². The first-order valence-electron chi connectivity index (χ1n) is 4.49. The van der Waals surface area contributed by atoms with Gasteiger partial charge in [0.15, 0.2) is 0 Å². The highest BCUT2D eigenvalue weighted by Gasteiger charge is 2.06. The van der Waals surface area contributed by atoms with Crippen LogP contribution in [0, 0.1) is 0 Å². The molecule has 0 aliphatic rings. The van der Waals surface area contributed by atoms with Gasteiger partial charge in [-0.05, 0) is 17.7 Å². The van der Waals surface area contributed by atoms with Crippen molar-refractivity contribution in [3.63, 3.8) is 0 Å². The van der Waals surface area contributed by atoms with Crippen molar-refractivity contribution in [2.45, 2.75) is 6.10 Å². The van der Waals surface area contributed by atoms with Crippen LogP contribution in [-0.4, -0.2) is 29.9 Å². The van der Waals surface area contributed by atoms with Crippen molar-refractivity contribution < 1.29 is 10.2 Å². The number of nitrogens with one attached hydrogen (secondary N) is 1. The summed E-state index contributed by atoms with van der Waals surface area (Å²) < 4.78 is 0. The number of rotatable bonds is 5. The number of aliphatic hydroxyl groups excluding tert-OH is 2. The summed E-state index contributed by atoms with van der Waals surface area (Å²) in [5.41, 5.74) is 0.780. The monoisotopic (exact) mass is 215 g/mol. The second-order valence-electron chi connectivity index (χ2n) is 3.00. The van der Waals surface area contributed by atoms with Crippen LogP contribution in [0.5, 0.6) is 0 Å². The molecule has 1 aromatic rings. The molecule has 1 aromatic carbocycles. The molecule has 3 N–H and O–H groups in total. The maximum absolute atomic E-state index is 9.67. The highest BCUT2D eigenvalue weighted by Crippen LogP contribution is 2.16. The van der Waals surface area contributed by atoms with E-state index in [2.05, 4.69) is 5.32 Å². The molecule has 0 radical (unpaired) electrons. The lowest BCUT2D eigenvalue weighted by atomic mass is 10.1. The second kappa shape index (κ2) is 5.98. The van der Waals surface area contributed by atoms with Gasteiger partial charge < -0.3 is 15.5 Å². The Morgan fingerprint density at radius 2 is 2.21 bits per heavy atom. The molecule has 4 heteroatoms. The van der Waals surface area contributed by atoms with Gasteiger partial charge in [0.25, 0.3) is 0 Å². The molecule has 0 saturated heterocycles. The van der Waals surface area contributed by atoms with E-state index in [0.29, 0.717) is 18.1 Å². The van der Waals surface area contributed by atoms with Crippen LogP contribution in [0.15, 0.2) is 24.3 Å². The number of hydrogen-bond acceptors (Lipinski definition) is 3. The molecule has 0 fully saturated rings. The average molecular weight is 216 g/mol. The van der Waals surface area contributed by atoms with E-state index in [1.54, 1.807) is 18.2 Å². The van der Waals surface area contributed by atoms with Gasteiger partial charge in [0.2, 0.25) is 0 Å². The lowest BCUT2D eigenvalue weighted by Gasteiger charge is -2.11. The van der Waals surface area contributed by atoms with E-state index in [0.717, 1.165) is 5.56 Å². The van der Waals surface area contributed by atoms with E-state index in [9.17, 15) is 5.11 Å². The predicted octanol–water partition coefficient (Wildman–Crippen LogP) is 0.955. The van der Waals surface area contributed by atoms with Crippen LogP contribution in [-0.2, 0) is 0 Å². The van der Waals surface area contributed by atoms with Crippen LogP contribution in [0.1, 0.15) is 11.7 Å². The summed E-state index contributed by atoms with van der Waals surface area (Å²) in [5, 5.41) is 21.7. The summed E-state index contributed by atoms with van der Waals surface area (Å²) in [6.45, 7) is 0.973. The minimum absolute atomic E-state index is 0.0717. The van der Waals surface area contributed by atoms with Gasteiger partial charge in [-0.25, -0.2) is 0 Å². The summed E-state index contributed by atoms with van der Waals surface area (Å²) >= 11 is 5.78. The molecule has 78 valence electrons. The molecule has 0 spiro atoms. The summed E-state index contributed by atoms with van der Waals surface area (Å²) in [5.74, 6) is 0. The van der Waals surface area contributed by atoms with E-state index in [1.807, 2.05) is 6.07 Å². The molecule has 14 heavy (non-hydrogen) atoms. The third kappa shape index (κ3) is 3.64. The fourth-order valence-corrected chi connectivity index (χ4v) is 1.35. The van der Waals surface area contributed by atoms with Gasteiger partial charge in [0.1, 0.15) is 0 Å². The molecule has 0 aliphatic carbocycles. The first kappa shape index (κ1) is 11.5. The smallest absolute Gasteiger partial charge is 0.0914 e. The Balaban J connectivity index is 2.47. The molecule has 0 heterocycles. The van der Waals surface area contributed by atoms with Gasteiger partial charge in [0.05, 0.1) is 12.7 Å². The molecule has 0 aromatic heterocycles. The second-order valence-corrected chi connectivity index (χ2v) is 3.43. The minimum Gasteiger partial charge on any atom is -0.395 e. The first-order valence-corrected chi connectivity index (χ1v) is 4.87. The number of aliphatic hydroxyl groups is 2. The zero-order valence-corrected chi connectivity index (χ0v) is 8.54. The topological polar surface area (TPSA) is 52.5 Å². The molecular formula is C10H14ClNO2. The zero-order valence-electron chi connectivity index (χ0n) is 7.78. The van der Waals surface area contributed by atoms with Crippen molar-refractivity contribution in [2.75, 3.05) is 19.7 Å². The molecule has 0 aliphatic heterocycles. The molecule has 0 bridgehead atoms. The quantitative estimate of drug-likeness (QED) is 0.642. The number of halogens is 1. The molecular weight excluding hydrogens is 202 g/mol. The Hall–Kier alpha value is -0.610. The molecule has 1 unspecified atom stereocenters. The molecule has 3 nitrogen and oxygen atoms in total. The van der Waals surface area contributed by atoms with Crippen LogP contribution in [0.2, 0.25) is 5.02 Å². The zero-order chi connectivity index (χ0) is 10.4. The summed E-state index contributed by atoms with van der Waals surface area (Å²) in [7, 11) is 0. The fourth-order valence-electron chi connectivity index (χ4n) is 1.15. The van der Waals surface area contributed by atoms with Crippen LogP contribution in [0.25, 0.3) is 0 Å². The first-order chi connectivity index (χ1) is 6.74. The third-order valence-corrected chi connectivity index (χ3v) is 2.09. The normalized spacial score (nSPS) is 12.8. The maximum atomic E-state index is 9.67. The highest BCUT2D eigenvalue weighted by atomic mass is 35.5. The van der Waals surface area contributed by atoms with E-state index < -0.39 is 6.10 Å². The fraction of sp³-hybridized carbons (Fsp3) is 0.400. The van der Waals surface area contributed by atoms with Crippen LogP contribution in [0.3, 0.4) is 0 Å². The van der Waals surface area contributed by atoms with Gasteiger partial charge in [-0.15, -0.1) is 0 Å². The van der Waals surface area contributed by atoms with Crippen LogP contribution in [0.4, 0.5) is 0 Å². The highest BCUT2D eigenvalue weighted by molar-refractivity contribution is 6.30. The Morgan fingerprint density at radius 3 is 2.86 bits per heavy atom. The van der Waals surface area contributed by atoms with Gasteiger partial charge >= 0.3 is 0 Å². The Morgan fingerprint density at radius 1 is 1.43 bits per heavy atom. The van der Waals surface area contributed by atoms with Crippen molar-refractivity contribution in [3.8, 4) is 0 Å². The predicted molar refractivity (Wildman–Crippen MR) is 56.4 cm³/mol. The molecule has 0 saturated carbocycles. The standard InChI is InChI=1S/C10H14ClNO2/c11-9-3-1-2-8(6-9)10(14)7-12-4-5-13/h1-3,6,10,12-14H,4-5,7H2. The molecule has 0 amide bonds. The Bertz CT molecular complexity index is 281. The van der Waals surface area contributed by atoms with E-state index in [4.69, 9.17) is 16.7 Å². The van der Waals surface area contributed by atoms with Gasteiger partial charge in [-0.1, -0.05) is 23.7 Å².